The number of amidine groups is 1. The van der Waals surface area contributed by atoms with Gasteiger partial charge in [0, 0.05) is 41.4 Å². The average molecular weight is 503 g/mol. The van der Waals surface area contributed by atoms with Crippen molar-refractivity contribution in [1.29, 1.82) is 0 Å². The predicted molar refractivity (Wildman–Crippen MR) is 147 cm³/mol. The molecule has 3 aromatic heterocycles. The third kappa shape index (κ3) is 4.70. The largest absolute Gasteiger partial charge is 0.508 e. The number of thioether (sulfide) groups is 1. The quantitative estimate of drug-likeness (QED) is 0.243. The van der Waals surface area contributed by atoms with Crippen LogP contribution in [0.1, 0.15) is 30.0 Å². The molecular formula is C27H30N6O2S. The summed E-state index contributed by atoms with van der Waals surface area (Å²) in [6.45, 7) is 4.07. The standard InChI is InChI=1S/C27H30N6O2S/c1-4-17-10-20(34)5-6-23(17)32-27(28)22-13-30-33-14-18(21-12-29-25(35-3)9-16(21)2)11-24(33)26(22)31-19-7-8-36-15-19/h5-6,9-14,19,31,34H,4,7-8,15H2,1-3H3,(H2,28,32). The number of hydrogen-bond acceptors (Lipinski definition) is 7. The molecule has 1 saturated heterocycles. The van der Waals surface area contributed by atoms with Crippen LogP contribution in [0.25, 0.3) is 16.6 Å². The summed E-state index contributed by atoms with van der Waals surface area (Å²) < 4.78 is 7.14. The van der Waals surface area contributed by atoms with E-state index in [1.807, 2.05) is 48.6 Å². The van der Waals surface area contributed by atoms with Crippen LogP contribution in [0, 0.1) is 6.92 Å². The van der Waals surface area contributed by atoms with E-state index in [9.17, 15) is 5.11 Å². The number of ether oxygens (including phenoxy) is 1. The number of aliphatic imine (C=N–C) groups is 1. The van der Waals surface area contributed by atoms with Crippen molar-refractivity contribution < 1.29 is 9.84 Å². The highest BCUT2D eigenvalue weighted by Gasteiger charge is 2.21. The highest BCUT2D eigenvalue weighted by atomic mass is 32.2. The number of anilines is 1. The molecule has 1 unspecified atom stereocenters. The van der Waals surface area contributed by atoms with Crippen LogP contribution in [0.3, 0.4) is 0 Å². The summed E-state index contributed by atoms with van der Waals surface area (Å²) in [6, 6.07) is 9.54. The number of aromatic hydroxyl groups is 1. The van der Waals surface area contributed by atoms with Gasteiger partial charge in [-0.15, -0.1) is 0 Å². The molecule has 0 spiro atoms. The second kappa shape index (κ2) is 10.1. The van der Waals surface area contributed by atoms with Gasteiger partial charge < -0.3 is 20.9 Å². The van der Waals surface area contributed by atoms with E-state index in [1.165, 1.54) is 0 Å². The molecular weight excluding hydrogens is 472 g/mol. The van der Waals surface area contributed by atoms with Crippen molar-refractivity contribution in [2.45, 2.75) is 32.7 Å². The zero-order valence-corrected chi connectivity index (χ0v) is 21.5. The summed E-state index contributed by atoms with van der Waals surface area (Å²) in [6.07, 6.45) is 7.43. The predicted octanol–water partition coefficient (Wildman–Crippen LogP) is 4.94. The Bertz CT molecular complexity index is 1440. The van der Waals surface area contributed by atoms with Gasteiger partial charge in [-0.3, -0.25) is 0 Å². The maximum Gasteiger partial charge on any atom is 0.213 e. The van der Waals surface area contributed by atoms with Gasteiger partial charge in [0.25, 0.3) is 0 Å². The monoisotopic (exact) mass is 502 g/mol. The van der Waals surface area contributed by atoms with Crippen molar-refractivity contribution in [3.8, 4) is 22.8 Å². The van der Waals surface area contributed by atoms with Crippen LogP contribution in [0.5, 0.6) is 11.6 Å². The number of benzene rings is 1. The zero-order valence-electron chi connectivity index (χ0n) is 20.7. The van der Waals surface area contributed by atoms with Crippen molar-refractivity contribution in [3.63, 3.8) is 0 Å². The molecule has 1 aliphatic rings. The van der Waals surface area contributed by atoms with Crippen LogP contribution < -0.4 is 15.8 Å². The van der Waals surface area contributed by atoms with Gasteiger partial charge >= 0.3 is 0 Å². The van der Waals surface area contributed by atoms with Gasteiger partial charge in [-0.1, -0.05) is 6.92 Å². The first-order valence-corrected chi connectivity index (χ1v) is 13.2. The summed E-state index contributed by atoms with van der Waals surface area (Å²) in [5.41, 5.74) is 14.0. The van der Waals surface area contributed by atoms with Crippen molar-refractivity contribution in [3.05, 3.63) is 65.6 Å². The van der Waals surface area contributed by atoms with E-state index in [4.69, 9.17) is 15.5 Å². The van der Waals surface area contributed by atoms with Crippen LogP contribution in [0.15, 0.2) is 53.9 Å². The number of nitrogens with two attached hydrogens (primary N) is 1. The second-order valence-corrected chi connectivity index (χ2v) is 10.1. The first kappa shape index (κ1) is 24.0. The van der Waals surface area contributed by atoms with Crippen molar-refractivity contribution in [1.82, 2.24) is 14.6 Å². The smallest absolute Gasteiger partial charge is 0.213 e. The number of phenolic OH excluding ortho intramolecular Hbond substituents is 1. The maximum absolute atomic E-state index is 9.87. The van der Waals surface area contributed by atoms with Crippen LogP contribution >= 0.6 is 11.8 Å². The Morgan fingerprint density at radius 1 is 1.31 bits per heavy atom. The minimum absolute atomic E-state index is 0.220. The second-order valence-electron chi connectivity index (χ2n) is 8.90. The first-order valence-electron chi connectivity index (χ1n) is 12.0. The molecule has 9 heteroatoms. The number of methoxy groups -OCH3 is 1. The van der Waals surface area contributed by atoms with Crippen LogP contribution in [-0.4, -0.2) is 50.2 Å². The Morgan fingerprint density at radius 3 is 2.89 bits per heavy atom. The highest BCUT2D eigenvalue weighted by molar-refractivity contribution is 7.99. The van der Waals surface area contributed by atoms with Crippen LogP contribution in [-0.2, 0) is 6.42 Å². The van der Waals surface area contributed by atoms with Gasteiger partial charge in [-0.2, -0.15) is 16.9 Å². The number of aryl methyl sites for hydroxylation is 2. The molecule has 1 aromatic carbocycles. The van der Waals surface area contributed by atoms with Gasteiger partial charge in [0.15, 0.2) is 0 Å². The molecule has 0 bridgehead atoms. The normalized spacial score (nSPS) is 16.0. The number of nitrogens with one attached hydrogen (secondary N) is 1. The van der Waals surface area contributed by atoms with E-state index in [1.54, 1.807) is 31.5 Å². The van der Waals surface area contributed by atoms with E-state index in [2.05, 4.69) is 21.5 Å². The maximum atomic E-state index is 9.87. The Kier molecular flexibility index (Phi) is 6.73. The topological polar surface area (TPSA) is 110 Å². The molecule has 36 heavy (non-hydrogen) atoms. The summed E-state index contributed by atoms with van der Waals surface area (Å²) in [5, 5.41) is 18.3. The van der Waals surface area contributed by atoms with Crippen LogP contribution in [0.2, 0.25) is 0 Å². The third-order valence-corrected chi connectivity index (χ3v) is 7.64. The Labute approximate surface area is 214 Å². The molecule has 1 atom stereocenters. The van der Waals surface area contributed by atoms with E-state index < -0.39 is 0 Å². The lowest BCUT2D eigenvalue weighted by atomic mass is 10.1. The molecule has 0 aliphatic carbocycles. The highest BCUT2D eigenvalue weighted by Crippen LogP contribution is 2.33. The van der Waals surface area contributed by atoms with E-state index in [-0.39, 0.29) is 5.75 Å². The number of aromatic nitrogens is 3. The summed E-state index contributed by atoms with van der Waals surface area (Å²) in [4.78, 5) is 9.14. The SMILES string of the molecule is CCc1cc(O)ccc1N=C(N)c1cnn2cc(-c3cnc(OC)cc3C)cc2c1NC1CCSC1. The minimum Gasteiger partial charge on any atom is -0.508 e. The molecule has 4 N–H and O–H groups in total. The molecule has 5 rings (SSSR count). The van der Waals surface area contributed by atoms with Gasteiger partial charge in [0.1, 0.15) is 11.6 Å². The molecule has 0 saturated carbocycles. The van der Waals surface area contributed by atoms with Crippen molar-refractivity contribution >= 4 is 34.5 Å². The molecule has 8 nitrogen and oxygen atoms in total. The van der Waals surface area contributed by atoms with Crippen molar-refractivity contribution in [2.24, 2.45) is 10.7 Å². The lowest BCUT2D eigenvalue weighted by molar-refractivity contribution is 0.397. The van der Waals surface area contributed by atoms with E-state index in [0.29, 0.717) is 17.8 Å². The lowest BCUT2D eigenvalue weighted by Crippen LogP contribution is -2.23. The first-order chi connectivity index (χ1) is 17.5. The molecule has 0 radical (unpaired) electrons. The van der Waals surface area contributed by atoms with Gasteiger partial charge in [-0.05, 0) is 60.9 Å². The van der Waals surface area contributed by atoms with E-state index in [0.717, 1.165) is 69.1 Å². The fourth-order valence-electron chi connectivity index (χ4n) is 4.50. The molecule has 0 amide bonds. The third-order valence-electron chi connectivity index (χ3n) is 6.48. The van der Waals surface area contributed by atoms with Gasteiger partial charge in [0.2, 0.25) is 5.88 Å². The summed E-state index contributed by atoms with van der Waals surface area (Å²) in [7, 11) is 1.62. The number of pyridine rings is 1. The van der Waals surface area contributed by atoms with E-state index >= 15 is 0 Å². The number of nitrogens with zero attached hydrogens (tertiary/aromatic N) is 4. The summed E-state index contributed by atoms with van der Waals surface area (Å²) in [5.74, 6) is 3.36. The van der Waals surface area contributed by atoms with Crippen LogP contribution in [0.4, 0.5) is 11.4 Å². The van der Waals surface area contributed by atoms with Gasteiger partial charge in [-0.25, -0.2) is 14.5 Å². The fraction of sp³-hybridized carbons (Fsp3) is 0.296. The number of rotatable bonds is 7. The molecule has 4 aromatic rings. The van der Waals surface area contributed by atoms with Crippen molar-refractivity contribution in [2.75, 3.05) is 23.9 Å². The zero-order chi connectivity index (χ0) is 25.2. The molecule has 1 fully saturated rings. The molecule has 1 aliphatic heterocycles. The fourth-order valence-corrected chi connectivity index (χ4v) is 5.65. The number of hydrogen-bond donors (Lipinski definition) is 3. The number of phenols is 1. The lowest BCUT2D eigenvalue weighted by Gasteiger charge is -2.18. The average Bonchev–Trinajstić information content (AvgIpc) is 3.55. The Morgan fingerprint density at radius 2 is 2.17 bits per heavy atom. The minimum atomic E-state index is 0.220. The Balaban J connectivity index is 1.62. The number of fused-ring (bicyclic) bond motifs is 1. The molecule has 186 valence electrons. The Hall–Kier alpha value is -3.72. The molecule has 4 heterocycles. The summed E-state index contributed by atoms with van der Waals surface area (Å²) >= 11 is 1.95. The van der Waals surface area contributed by atoms with Gasteiger partial charge in [0.05, 0.1) is 35.8 Å².